The van der Waals surface area contributed by atoms with Crippen molar-refractivity contribution < 1.29 is 4.79 Å². The van der Waals surface area contributed by atoms with Crippen molar-refractivity contribution in [2.45, 2.75) is 38.8 Å². The van der Waals surface area contributed by atoms with E-state index in [0.29, 0.717) is 18.5 Å². The molecule has 4 nitrogen and oxygen atoms in total. The summed E-state index contributed by atoms with van der Waals surface area (Å²) in [6.45, 7) is 2.66. The molecule has 1 aliphatic carbocycles. The van der Waals surface area contributed by atoms with E-state index in [-0.39, 0.29) is 6.03 Å². The zero-order valence-corrected chi connectivity index (χ0v) is 10.8. The number of carbonyl (C=O) groups excluding carboxylic acids is 1. The summed E-state index contributed by atoms with van der Waals surface area (Å²) in [7, 11) is 0. The molecule has 18 heavy (non-hydrogen) atoms. The number of urea groups is 1. The number of benzene rings is 1. The molecule has 2 amide bonds. The maximum Gasteiger partial charge on any atom is 0.319 e. The Morgan fingerprint density at radius 2 is 2.33 bits per heavy atom. The van der Waals surface area contributed by atoms with Crippen LogP contribution in [0.4, 0.5) is 10.5 Å². The van der Waals surface area contributed by atoms with Crippen molar-refractivity contribution in [2.75, 3.05) is 5.32 Å². The zero-order valence-electron chi connectivity index (χ0n) is 10.8. The molecule has 4 N–H and O–H groups in total. The summed E-state index contributed by atoms with van der Waals surface area (Å²) in [5.74, 6) is 0.677. The summed E-state index contributed by atoms with van der Waals surface area (Å²) in [5, 5.41) is 5.84. The highest BCUT2D eigenvalue weighted by Crippen LogP contribution is 2.34. The molecule has 4 heteroatoms. The van der Waals surface area contributed by atoms with Crippen LogP contribution in [0, 0.1) is 5.92 Å². The Balaban J connectivity index is 1.80. The number of hydrogen-bond donors (Lipinski definition) is 3. The van der Waals surface area contributed by atoms with Crippen molar-refractivity contribution in [1.29, 1.82) is 0 Å². The monoisotopic (exact) mass is 247 g/mol. The van der Waals surface area contributed by atoms with Crippen LogP contribution in [0.1, 0.15) is 31.7 Å². The maximum atomic E-state index is 11.8. The topological polar surface area (TPSA) is 67.2 Å². The lowest BCUT2D eigenvalue weighted by Crippen LogP contribution is -2.31. The second-order valence-electron chi connectivity index (χ2n) is 4.89. The van der Waals surface area contributed by atoms with Crippen LogP contribution in [0.3, 0.4) is 0 Å². The molecular weight excluding hydrogens is 226 g/mol. The van der Waals surface area contributed by atoms with Crippen LogP contribution in [0.15, 0.2) is 24.3 Å². The van der Waals surface area contributed by atoms with Gasteiger partial charge in [-0.1, -0.05) is 25.5 Å². The Hall–Kier alpha value is -1.55. The van der Waals surface area contributed by atoms with Crippen molar-refractivity contribution in [3.63, 3.8) is 0 Å². The van der Waals surface area contributed by atoms with Crippen LogP contribution in [0.25, 0.3) is 0 Å². The van der Waals surface area contributed by atoms with Crippen LogP contribution in [0.2, 0.25) is 0 Å². The first-order valence-electron chi connectivity index (χ1n) is 6.59. The minimum absolute atomic E-state index is 0.118. The quantitative estimate of drug-likeness (QED) is 0.748. The molecule has 0 saturated heterocycles. The second-order valence-corrected chi connectivity index (χ2v) is 4.89. The van der Waals surface area contributed by atoms with Gasteiger partial charge in [-0.05, 0) is 36.5 Å². The fraction of sp³-hybridized carbons (Fsp3) is 0.500. The number of amides is 2. The predicted molar refractivity (Wildman–Crippen MR) is 73.3 cm³/mol. The van der Waals surface area contributed by atoms with Gasteiger partial charge in [0.1, 0.15) is 0 Å². The molecule has 0 bridgehead atoms. The molecule has 2 atom stereocenters. The first-order chi connectivity index (χ1) is 8.72. The number of anilines is 1. The van der Waals surface area contributed by atoms with Crippen molar-refractivity contribution >= 4 is 11.7 Å². The summed E-state index contributed by atoms with van der Waals surface area (Å²) < 4.78 is 0. The summed E-state index contributed by atoms with van der Waals surface area (Å²) in [4.78, 5) is 11.8. The van der Waals surface area contributed by atoms with Gasteiger partial charge in [0.15, 0.2) is 0 Å². The van der Waals surface area contributed by atoms with Crippen LogP contribution < -0.4 is 16.4 Å². The SMILES string of the molecule is CCCC1CC1NC(=O)Nc1cccc(CN)c1. The van der Waals surface area contributed by atoms with Crippen LogP contribution >= 0.6 is 0 Å². The van der Waals surface area contributed by atoms with E-state index in [1.807, 2.05) is 24.3 Å². The van der Waals surface area contributed by atoms with E-state index in [1.54, 1.807) is 0 Å². The minimum Gasteiger partial charge on any atom is -0.335 e. The predicted octanol–water partition coefficient (Wildman–Crippen LogP) is 2.46. The maximum absolute atomic E-state index is 11.8. The highest BCUT2D eigenvalue weighted by molar-refractivity contribution is 5.89. The molecule has 2 unspecified atom stereocenters. The molecule has 1 aromatic rings. The first kappa shape index (κ1) is 12.9. The van der Waals surface area contributed by atoms with Gasteiger partial charge in [0, 0.05) is 18.3 Å². The molecule has 1 aliphatic rings. The number of nitrogens with two attached hydrogens (primary N) is 1. The summed E-state index contributed by atoms with van der Waals surface area (Å²) in [5.41, 5.74) is 7.37. The number of carbonyl (C=O) groups is 1. The lowest BCUT2D eigenvalue weighted by atomic mass is 10.2. The van der Waals surface area contributed by atoms with Gasteiger partial charge < -0.3 is 16.4 Å². The average Bonchev–Trinajstić information content (AvgIpc) is 3.07. The Morgan fingerprint density at radius 3 is 3.06 bits per heavy atom. The van der Waals surface area contributed by atoms with E-state index in [4.69, 9.17) is 5.73 Å². The number of hydrogen-bond acceptors (Lipinski definition) is 2. The zero-order chi connectivity index (χ0) is 13.0. The van der Waals surface area contributed by atoms with Crippen molar-refractivity contribution in [3.8, 4) is 0 Å². The van der Waals surface area contributed by atoms with Crippen molar-refractivity contribution in [3.05, 3.63) is 29.8 Å². The van der Waals surface area contributed by atoms with Gasteiger partial charge in [-0.2, -0.15) is 0 Å². The van der Waals surface area contributed by atoms with Gasteiger partial charge >= 0.3 is 6.03 Å². The van der Waals surface area contributed by atoms with Gasteiger partial charge in [-0.25, -0.2) is 4.79 Å². The fourth-order valence-corrected chi connectivity index (χ4v) is 2.23. The first-order valence-corrected chi connectivity index (χ1v) is 6.59. The van der Waals surface area contributed by atoms with Gasteiger partial charge in [-0.15, -0.1) is 0 Å². The average molecular weight is 247 g/mol. The highest BCUT2D eigenvalue weighted by atomic mass is 16.2. The smallest absolute Gasteiger partial charge is 0.319 e. The summed E-state index contributed by atoms with van der Waals surface area (Å²) >= 11 is 0. The van der Waals surface area contributed by atoms with Gasteiger partial charge in [0.05, 0.1) is 0 Å². The van der Waals surface area contributed by atoms with Crippen LogP contribution in [-0.2, 0) is 6.54 Å². The Labute approximate surface area is 108 Å². The van der Waals surface area contributed by atoms with Gasteiger partial charge in [-0.3, -0.25) is 0 Å². The lowest BCUT2D eigenvalue weighted by Gasteiger charge is -2.08. The summed E-state index contributed by atoms with van der Waals surface area (Å²) in [6.07, 6.45) is 3.50. The van der Waals surface area contributed by atoms with E-state index >= 15 is 0 Å². The molecule has 1 aromatic carbocycles. The van der Waals surface area contributed by atoms with Crippen LogP contribution in [-0.4, -0.2) is 12.1 Å². The molecule has 0 radical (unpaired) electrons. The Bertz CT molecular complexity index is 419. The molecule has 1 saturated carbocycles. The standard InChI is InChI=1S/C14H21N3O/c1-2-4-11-8-13(11)17-14(18)16-12-6-3-5-10(7-12)9-15/h3,5-7,11,13H,2,4,8-9,15H2,1H3,(H2,16,17,18). The molecule has 98 valence electrons. The number of nitrogens with one attached hydrogen (secondary N) is 2. The van der Waals surface area contributed by atoms with E-state index in [2.05, 4.69) is 17.6 Å². The largest absolute Gasteiger partial charge is 0.335 e. The fourth-order valence-electron chi connectivity index (χ4n) is 2.23. The van der Waals surface area contributed by atoms with Crippen molar-refractivity contribution in [1.82, 2.24) is 5.32 Å². The molecule has 1 fully saturated rings. The summed E-state index contributed by atoms with van der Waals surface area (Å²) in [6, 6.07) is 7.86. The third kappa shape index (κ3) is 3.47. The van der Waals surface area contributed by atoms with Gasteiger partial charge in [0.2, 0.25) is 0 Å². The van der Waals surface area contributed by atoms with E-state index < -0.39 is 0 Å². The van der Waals surface area contributed by atoms with Gasteiger partial charge in [0.25, 0.3) is 0 Å². The Morgan fingerprint density at radius 1 is 1.50 bits per heavy atom. The third-order valence-corrected chi connectivity index (χ3v) is 3.32. The second kappa shape index (κ2) is 5.87. The third-order valence-electron chi connectivity index (χ3n) is 3.32. The molecular formula is C14H21N3O. The highest BCUT2D eigenvalue weighted by Gasteiger charge is 2.37. The molecule has 0 heterocycles. The molecule has 0 aromatic heterocycles. The van der Waals surface area contributed by atoms with Crippen LogP contribution in [0.5, 0.6) is 0 Å². The van der Waals surface area contributed by atoms with E-state index in [1.165, 1.54) is 12.8 Å². The molecule has 2 rings (SSSR count). The lowest BCUT2D eigenvalue weighted by molar-refractivity contribution is 0.251. The Kier molecular flexibility index (Phi) is 4.20. The van der Waals surface area contributed by atoms with Crippen molar-refractivity contribution in [2.24, 2.45) is 11.7 Å². The number of rotatable bonds is 5. The van der Waals surface area contributed by atoms with E-state index in [0.717, 1.165) is 17.7 Å². The minimum atomic E-state index is -0.118. The molecule has 0 aliphatic heterocycles. The molecule has 0 spiro atoms. The van der Waals surface area contributed by atoms with E-state index in [9.17, 15) is 4.79 Å². The normalized spacial score (nSPS) is 21.4.